The van der Waals surface area contributed by atoms with Gasteiger partial charge in [-0.05, 0) is 31.5 Å². The molecule has 3 heterocycles. The Bertz CT molecular complexity index is 918. The van der Waals surface area contributed by atoms with Crippen molar-refractivity contribution < 1.29 is 0 Å². The molecule has 0 bridgehead atoms. The van der Waals surface area contributed by atoms with Crippen LogP contribution in [0.3, 0.4) is 0 Å². The fraction of sp³-hybridized carbons (Fsp3) is 0.278. The molecule has 7 nitrogen and oxygen atoms in total. The van der Waals surface area contributed by atoms with Crippen molar-refractivity contribution in [2.45, 2.75) is 18.9 Å². The largest absolute Gasteiger partial charge is 0.366 e. The summed E-state index contributed by atoms with van der Waals surface area (Å²) in [5, 5.41) is 10.5. The zero-order valence-corrected chi connectivity index (χ0v) is 13.7. The Balaban J connectivity index is 1.74. The summed E-state index contributed by atoms with van der Waals surface area (Å²) in [7, 11) is 0. The molecule has 0 radical (unpaired) electrons. The summed E-state index contributed by atoms with van der Waals surface area (Å²) in [4.78, 5) is 23.9. The number of nitrogens with one attached hydrogen (secondary N) is 4. The molecule has 0 aliphatic carbocycles. The average Bonchev–Trinajstić information content (AvgIpc) is 2.63. The van der Waals surface area contributed by atoms with Crippen molar-refractivity contribution in [2.24, 2.45) is 0 Å². The zero-order valence-electron chi connectivity index (χ0n) is 13.7. The lowest BCUT2D eigenvalue weighted by molar-refractivity contribution is 0.479. The Morgan fingerprint density at radius 1 is 1.20 bits per heavy atom. The Labute approximate surface area is 144 Å². The fourth-order valence-corrected chi connectivity index (χ4v) is 3.10. The summed E-state index contributed by atoms with van der Waals surface area (Å²) in [6.07, 6.45) is 3.65. The Morgan fingerprint density at radius 2 is 2.08 bits per heavy atom. The zero-order chi connectivity index (χ0) is 17.1. The van der Waals surface area contributed by atoms with E-state index in [-0.39, 0.29) is 5.56 Å². The smallest absolute Gasteiger partial charge is 0.262 e. The number of hydrogen-bond donors (Lipinski definition) is 4. The number of aromatic nitrogens is 3. The minimum Gasteiger partial charge on any atom is -0.366 e. The molecule has 1 atom stereocenters. The third-order valence-corrected chi connectivity index (χ3v) is 4.31. The maximum absolute atomic E-state index is 12.3. The molecule has 0 saturated carbocycles. The van der Waals surface area contributed by atoms with Gasteiger partial charge in [0.25, 0.3) is 5.56 Å². The molecule has 1 aliphatic rings. The summed E-state index contributed by atoms with van der Waals surface area (Å²) in [5.41, 5.74) is 1.28. The Kier molecular flexibility index (Phi) is 4.30. The Hall–Kier alpha value is -2.93. The first-order valence-electron chi connectivity index (χ1n) is 8.47. The number of benzene rings is 1. The maximum atomic E-state index is 12.3. The van der Waals surface area contributed by atoms with Gasteiger partial charge in [0.1, 0.15) is 17.0 Å². The van der Waals surface area contributed by atoms with Gasteiger partial charge in [0.05, 0.1) is 11.8 Å². The van der Waals surface area contributed by atoms with E-state index in [9.17, 15) is 4.79 Å². The number of nitrogens with zero attached hydrogens (tertiary/aromatic N) is 2. The SMILES string of the molecule is O=c1[nH]cnc2cc(N[C@H]3CCCNC3)nc(Nc3ccccc3)c12. The first-order valence-corrected chi connectivity index (χ1v) is 8.47. The second-order valence-corrected chi connectivity index (χ2v) is 6.16. The van der Waals surface area contributed by atoms with Crippen LogP contribution in [0.25, 0.3) is 10.9 Å². The van der Waals surface area contributed by atoms with Gasteiger partial charge in [0.2, 0.25) is 0 Å². The Morgan fingerprint density at radius 3 is 2.88 bits per heavy atom. The molecule has 0 spiro atoms. The molecule has 4 N–H and O–H groups in total. The van der Waals surface area contributed by atoms with Crippen LogP contribution < -0.4 is 21.5 Å². The van der Waals surface area contributed by atoms with Crippen molar-refractivity contribution in [1.29, 1.82) is 0 Å². The number of fused-ring (bicyclic) bond motifs is 1. The summed E-state index contributed by atoms with van der Waals surface area (Å²) in [5.74, 6) is 1.22. The minimum absolute atomic E-state index is 0.207. The van der Waals surface area contributed by atoms with Gasteiger partial charge in [-0.3, -0.25) is 4.79 Å². The molecule has 25 heavy (non-hydrogen) atoms. The van der Waals surface area contributed by atoms with Crippen LogP contribution in [-0.4, -0.2) is 34.1 Å². The first-order chi connectivity index (χ1) is 12.3. The number of anilines is 3. The van der Waals surface area contributed by atoms with Crippen molar-refractivity contribution >= 4 is 28.2 Å². The van der Waals surface area contributed by atoms with Gasteiger partial charge in [0.15, 0.2) is 0 Å². The maximum Gasteiger partial charge on any atom is 0.262 e. The number of pyridine rings is 1. The topological polar surface area (TPSA) is 94.7 Å². The molecular formula is C18H20N6O. The molecule has 128 valence electrons. The van der Waals surface area contributed by atoms with E-state index in [1.54, 1.807) is 0 Å². The van der Waals surface area contributed by atoms with Crippen molar-refractivity contribution in [2.75, 3.05) is 23.7 Å². The van der Waals surface area contributed by atoms with E-state index in [0.717, 1.165) is 37.4 Å². The van der Waals surface area contributed by atoms with Crippen LogP contribution in [0.1, 0.15) is 12.8 Å². The molecule has 1 aromatic carbocycles. The summed E-state index contributed by atoms with van der Waals surface area (Å²) >= 11 is 0. The minimum atomic E-state index is -0.207. The van der Waals surface area contributed by atoms with Crippen LogP contribution in [0.15, 0.2) is 47.5 Å². The van der Waals surface area contributed by atoms with Crippen molar-refractivity contribution in [1.82, 2.24) is 20.3 Å². The second-order valence-electron chi connectivity index (χ2n) is 6.16. The first kappa shape index (κ1) is 15.6. The molecule has 7 heteroatoms. The van der Waals surface area contributed by atoms with E-state index >= 15 is 0 Å². The van der Waals surface area contributed by atoms with Gasteiger partial charge in [-0.2, -0.15) is 0 Å². The van der Waals surface area contributed by atoms with Crippen LogP contribution in [0, 0.1) is 0 Å². The van der Waals surface area contributed by atoms with Gasteiger partial charge >= 0.3 is 0 Å². The molecule has 0 amide bonds. The highest BCUT2D eigenvalue weighted by atomic mass is 16.1. The number of H-pyrrole nitrogens is 1. The highest BCUT2D eigenvalue weighted by Crippen LogP contribution is 2.24. The molecule has 0 unspecified atom stereocenters. The number of para-hydroxylation sites is 1. The highest BCUT2D eigenvalue weighted by molar-refractivity contribution is 5.91. The van der Waals surface area contributed by atoms with Gasteiger partial charge in [-0.15, -0.1) is 0 Å². The number of rotatable bonds is 4. The molecule has 1 fully saturated rings. The lowest BCUT2D eigenvalue weighted by Crippen LogP contribution is -2.38. The van der Waals surface area contributed by atoms with Crippen LogP contribution in [0.5, 0.6) is 0 Å². The van der Waals surface area contributed by atoms with Crippen LogP contribution in [0.2, 0.25) is 0 Å². The van der Waals surface area contributed by atoms with Gasteiger partial charge in [0, 0.05) is 24.3 Å². The second kappa shape index (κ2) is 6.90. The molecule has 4 rings (SSSR count). The molecular weight excluding hydrogens is 316 g/mol. The van der Waals surface area contributed by atoms with E-state index in [0.29, 0.717) is 22.8 Å². The highest BCUT2D eigenvalue weighted by Gasteiger charge is 2.16. The van der Waals surface area contributed by atoms with E-state index in [4.69, 9.17) is 0 Å². The molecule has 2 aromatic heterocycles. The van der Waals surface area contributed by atoms with E-state index in [1.165, 1.54) is 6.33 Å². The molecule has 3 aromatic rings. The van der Waals surface area contributed by atoms with E-state index in [1.807, 2.05) is 36.4 Å². The molecule has 1 aliphatic heterocycles. The predicted octanol–water partition coefficient (Wildman–Crippen LogP) is 2.23. The monoisotopic (exact) mass is 336 g/mol. The summed E-state index contributed by atoms with van der Waals surface area (Å²) in [6, 6.07) is 11.8. The quantitative estimate of drug-likeness (QED) is 0.584. The summed E-state index contributed by atoms with van der Waals surface area (Å²) < 4.78 is 0. The standard InChI is InChI=1S/C18H20N6O/c25-18-16-14(20-11-21-18)9-15(22-13-7-4-8-19-10-13)24-17(16)23-12-5-2-1-3-6-12/h1-3,5-6,9,11,13,19H,4,7-8,10H2,(H,20,21,25)(H2,22,23,24)/t13-/m0/s1. The third kappa shape index (κ3) is 3.46. The fourth-order valence-electron chi connectivity index (χ4n) is 3.10. The molecule has 1 saturated heterocycles. The lowest BCUT2D eigenvalue weighted by Gasteiger charge is -2.24. The lowest BCUT2D eigenvalue weighted by atomic mass is 10.1. The number of piperidine rings is 1. The number of aromatic amines is 1. The van der Waals surface area contributed by atoms with E-state index in [2.05, 4.69) is 30.9 Å². The van der Waals surface area contributed by atoms with Gasteiger partial charge in [-0.25, -0.2) is 9.97 Å². The predicted molar refractivity (Wildman–Crippen MR) is 99.4 cm³/mol. The van der Waals surface area contributed by atoms with Crippen LogP contribution >= 0.6 is 0 Å². The average molecular weight is 336 g/mol. The van der Waals surface area contributed by atoms with Crippen LogP contribution in [-0.2, 0) is 0 Å². The van der Waals surface area contributed by atoms with Crippen LogP contribution in [0.4, 0.5) is 17.3 Å². The van der Waals surface area contributed by atoms with Gasteiger partial charge < -0.3 is 20.9 Å². The van der Waals surface area contributed by atoms with Crippen molar-refractivity contribution in [3.8, 4) is 0 Å². The van der Waals surface area contributed by atoms with Gasteiger partial charge in [-0.1, -0.05) is 18.2 Å². The van der Waals surface area contributed by atoms with E-state index < -0.39 is 0 Å². The number of hydrogen-bond acceptors (Lipinski definition) is 6. The third-order valence-electron chi connectivity index (χ3n) is 4.31. The normalized spacial score (nSPS) is 17.4. The summed E-state index contributed by atoms with van der Waals surface area (Å²) in [6.45, 7) is 1.96. The van der Waals surface area contributed by atoms with Crippen molar-refractivity contribution in [3.05, 3.63) is 53.1 Å². The van der Waals surface area contributed by atoms with Crippen molar-refractivity contribution in [3.63, 3.8) is 0 Å².